The Balaban J connectivity index is 1.55. The van der Waals surface area contributed by atoms with Crippen molar-refractivity contribution in [3.63, 3.8) is 0 Å². The van der Waals surface area contributed by atoms with E-state index in [-0.39, 0.29) is 5.91 Å². The maximum absolute atomic E-state index is 12.0. The fraction of sp³-hybridized carbons (Fsp3) is 0.176. The Morgan fingerprint density at radius 2 is 2.00 bits per heavy atom. The van der Waals surface area contributed by atoms with Crippen LogP contribution in [0.2, 0.25) is 10.0 Å². The van der Waals surface area contributed by atoms with E-state index in [9.17, 15) is 4.79 Å². The van der Waals surface area contributed by atoms with Gasteiger partial charge in [-0.3, -0.25) is 4.79 Å². The third-order valence-corrected chi connectivity index (χ3v) is 4.19. The van der Waals surface area contributed by atoms with E-state index in [1.807, 2.05) is 34.9 Å². The molecule has 3 rings (SSSR count). The molecule has 1 heterocycles. The second-order valence-electron chi connectivity index (χ2n) is 5.19. The normalized spacial score (nSPS) is 10.9. The first-order valence-corrected chi connectivity index (χ1v) is 7.99. The maximum atomic E-state index is 12.0. The van der Waals surface area contributed by atoms with Crippen molar-refractivity contribution in [2.24, 2.45) is 0 Å². The molecule has 4 nitrogen and oxygen atoms in total. The van der Waals surface area contributed by atoms with Crippen LogP contribution in [0.25, 0.3) is 11.0 Å². The summed E-state index contributed by atoms with van der Waals surface area (Å²) >= 11 is 11.9. The van der Waals surface area contributed by atoms with Gasteiger partial charge >= 0.3 is 0 Å². The first kappa shape index (κ1) is 15.8. The Hall–Kier alpha value is -2.04. The molecule has 0 radical (unpaired) electrons. The van der Waals surface area contributed by atoms with E-state index >= 15 is 0 Å². The molecule has 0 saturated heterocycles. The number of benzene rings is 2. The van der Waals surface area contributed by atoms with Crippen LogP contribution >= 0.6 is 23.2 Å². The molecule has 1 amide bonds. The molecule has 0 aliphatic carbocycles. The van der Waals surface area contributed by atoms with Gasteiger partial charge in [0.25, 0.3) is 0 Å². The first-order valence-electron chi connectivity index (χ1n) is 7.24. The lowest BCUT2D eigenvalue weighted by Crippen LogP contribution is -2.24. The van der Waals surface area contributed by atoms with Gasteiger partial charge < -0.3 is 9.88 Å². The van der Waals surface area contributed by atoms with Crippen molar-refractivity contribution < 1.29 is 4.79 Å². The number of hydrogen-bond donors (Lipinski definition) is 1. The number of imidazole rings is 1. The van der Waals surface area contributed by atoms with Gasteiger partial charge in [-0.2, -0.15) is 0 Å². The van der Waals surface area contributed by atoms with Crippen LogP contribution in [-0.2, 0) is 17.9 Å². The summed E-state index contributed by atoms with van der Waals surface area (Å²) in [6.07, 6.45) is 2.14. The molecule has 0 saturated carbocycles. The smallest absolute Gasteiger partial charge is 0.222 e. The summed E-state index contributed by atoms with van der Waals surface area (Å²) < 4.78 is 1.98. The second kappa shape index (κ2) is 7.02. The highest BCUT2D eigenvalue weighted by Gasteiger charge is 2.07. The van der Waals surface area contributed by atoms with Crippen molar-refractivity contribution in [1.82, 2.24) is 14.9 Å². The number of carbonyl (C=O) groups is 1. The van der Waals surface area contributed by atoms with E-state index in [1.165, 1.54) is 0 Å². The number of fused-ring (bicyclic) bond motifs is 1. The third kappa shape index (κ3) is 3.84. The summed E-state index contributed by atoms with van der Waals surface area (Å²) in [4.78, 5) is 16.3. The van der Waals surface area contributed by atoms with Crippen molar-refractivity contribution in [1.29, 1.82) is 0 Å². The fourth-order valence-corrected chi connectivity index (χ4v) is 2.83. The van der Waals surface area contributed by atoms with Gasteiger partial charge in [-0.05, 0) is 29.8 Å². The molecule has 0 fully saturated rings. The van der Waals surface area contributed by atoms with Gasteiger partial charge in [-0.15, -0.1) is 0 Å². The SMILES string of the molecule is O=C(CCn1cnc2ccccc21)NCc1ccc(Cl)cc1Cl. The number of amides is 1. The third-order valence-electron chi connectivity index (χ3n) is 3.60. The molecule has 3 aromatic rings. The summed E-state index contributed by atoms with van der Waals surface area (Å²) in [5, 5.41) is 4.00. The molecule has 1 aromatic heterocycles. The summed E-state index contributed by atoms with van der Waals surface area (Å²) in [6.45, 7) is 0.972. The molecule has 0 spiro atoms. The van der Waals surface area contributed by atoms with Crippen molar-refractivity contribution in [3.05, 3.63) is 64.4 Å². The Morgan fingerprint density at radius 3 is 2.83 bits per heavy atom. The van der Waals surface area contributed by atoms with Crippen LogP contribution in [0.5, 0.6) is 0 Å². The van der Waals surface area contributed by atoms with Gasteiger partial charge in [0, 0.05) is 29.6 Å². The average molecular weight is 348 g/mol. The van der Waals surface area contributed by atoms with Crippen LogP contribution < -0.4 is 5.32 Å². The van der Waals surface area contributed by atoms with Gasteiger partial charge in [0.1, 0.15) is 0 Å². The molecule has 0 aliphatic rings. The minimum atomic E-state index is -0.0335. The van der Waals surface area contributed by atoms with Crippen molar-refractivity contribution >= 4 is 40.1 Å². The molecule has 0 aliphatic heterocycles. The Morgan fingerprint density at radius 1 is 1.17 bits per heavy atom. The molecular formula is C17H15Cl2N3O. The van der Waals surface area contributed by atoms with E-state index < -0.39 is 0 Å². The first-order chi connectivity index (χ1) is 11.1. The summed E-state index contributed by atoms with van der Waals surface area (Å²) in [5.74, 6) is -0.0335. The van der Waals surface area contributed by atoms with Crippen molar-refractivity contribution in [3.8, 4) is 0 Å². The van der Waals surface area contributed by atoms with Gasteiger partial charge in [0.05, 0.1) is 17.4 Å². The molecule has 2 aromatic carbocycles. The largest absolute Gasteiger partial charge is 0.352 e. The van der Waals surface area contributed by atoms with E-state index in [0.29, 0.717) is 29.6 Å². The lowest BCUT2D eigenvalue weighted by molar-refractivity contribution is -0.121. The lowest BCUT2D eigenvalue weighted by atomic mass is 10.2. The zero-order chi connectivity index (χ0) is 16.2. The minimum Gasteiger partial charge on any atom is -0.352 e. The fourth-order valence-electron chi connectivity index (χ4n) is 2.36. The van der Waals surface area contributed by atoms with Crippen LogP contribution in [0.3, 0.4) is 0 Å². The monoisotopic (exact) mass is 347 g/mol. The molecule has 118 valence electrons. The van der Waals surface area contributed by atoms with Gasteiger partial charge in [-0.1, -0.05) is 41.4 Å². The highest BCUT2D eigenvalue weighted by molar-refractivity contribution is 6.35. The van der Waals surface area contributed by atoms with Gasteiger partial charge in [-0.25, -0.2) is 4.98 Å². The number of nitrogens with one attached hydrogen (secondary N) is 1. The summed E-state index contributed by atoms with van der Waals surface area (Å²) in [6, 6.07) is 13.1. The molecule has 0 atom stereocenters. The summed E-state index contributed by atoms with van der Waals surface area (Å²) in [7, 11) is 0. The molecule has 0 unspecified atom stereocenters. The second-order valence-corrected chi connectivity index (χ2v) is 6.03. The molecule has 0 bridgehead atoms. The van der Waals surface area contributed by atoms with E-state index in [0.717, 1.165) is 16.6 Å². The number of carbonyl (C=O) groups excluding carboxylic acids is 1. The topological polar surface area (TPSA) is 46.9 Å². The Bertz CT molecular complexity index is 845. The standard InChI is InChI=1S/C17H15Cl2N3O/c18-13-6-5-12(14(19)9-13)10-20-17(23)7-8-22-11-21-15-3-1-2-4-16(15)22/h1-6,9,11H,7-8,10H2,(H,20,23). The highest BCUT2D eigenvalue weighted by atomic mass is 35.5. The zero-order valence-electron chi connectivity index (χ0n) is 12.3. The number of halogens is 2. The van der Waals surface area contributed by atoms with E-state index in [2.05, 4.69) is 10.3 Å². The number of rotatable bonds is 5. The molecular weight excluding hydrogens is 333 g/mol. The number of hydrogen-bond acceptors (Lipinski definition) is 2. The molecule has 6 heteroatoms. The van der Waals surface area contributed by atoms with Crippen molar-refractivity contribution in [2.45, 2.75) is 19.5 Å². The predicted molar refractivity (Wildman–Crippen MR) is 92.7 cm³/mol. The van der Waals surface area contributed by atoms with E-state index in [1.54, 1.807) is 18.5 Å². The van der Waals surface area contributed by atoms with Gasteiger partial charge in [0.2, 0.25) is 5.91 Å². The van der Waals surface area contributed by atoms with Gasteiger partial charge in [0.15, 0.2) is 0 Å². The predicted octanol–water partition coefficient (Wildman–Crippen LogP) is 4.05. The number of aryl methyl sites for hydroxylation is 1. The van der Waals surface area contributed by atoms with E-state index in [4.69, 9.17) is 23.2 Å². The van der Waals surface area contributed by atoms with Crippen LogP contribution in [0.1, 0.15) is 12.0 Å². The van der Waals surface area contributed by atoms with Crippen LogP contribution in [-0.4, -0.2) is 15.5 Å². The Labute approximate surface area is 144 Å². The highest BCUT2D eigenvalue weighted by Crippen LogP contribution is 2.20. The van der Waals surface area contributed by atoms with Crippen molar-refractivity contribution in [2.75, 3.05) is 0 Å². The number of nitrogens with zero attached hydrogens (tertiary/aromatic N) is 2. The number of aromatic nitrogens is 2. The van der Waals surface area contributed by atoms with Crippen LogP contribution in [0, 0.1) is 0 Å². The average Bonchev–Trinajstić information content (AvgIpc) is 2.95. The van der Waals surface area contributed by atoms with Crippen LogP contribution in [0.15, 0.2) is 48.8 Å². The zero-order valence-corrected chi connectivity index (χ0v) is 13.8. The lowest BCUT2D eigenvalue weighted by Gasteiger charge is -2.08. The molecule has 23 heavy (non-hydrogen) atoms. The minimum absolute atomic E-state index is 0.0335. The Kier molecular flexibility index (Phi) is 4.84. The summed E-state index contributed by atoms with van der Waals surface area (Å²) in [5.41, 5.74) is 2.80. The number of para-hydroxylation sites is 2. The van der Waals surface area contributed by atoms with Crippen LogP contribution in [0.4, 0.5) is 0 Å². The maximum Gasteiger partial charge on any atom is 0.222 e. The quantitative estimate of drug-likeness (QED) is 0.756. The molecule has 1 N–H and O–H groups in total.